The second kappa shape index (κ2) is 5.60. The number of hydrogen-bond acceptors (Lipinski definition) is 5. The molecule has 3 rings (SSSR count). The van der Waals surface area contributed by atoms with Gasteiger partial charge in [0.25, 0.3) is 0 Å². The normalized spacial score (nSPS) is 17.4. The summed E-state index contributed by atoms with van der Waals surface area (Å²) in [4.78, 5) is 1.07. The average Bonchev–Trinajstić information content (AvgIpc) is 2.80. The van der Waals surface area contributed by atoms with Gasteiger partial charge in [0.05, 0.1) is 6.04 Å². The summed E-state index contributed by atoms with van der Waals surface area (Å²) in [7, 11) is 0. The number of aromatic nitrogens is 1. The van der Waals surface area contributed by atoms with Crippen LogP contribution >= 0.6 is 34.9 Å². The number of benzene rings is 1. The minimum absolute atomic E-state index is 0.0226. The Morgan fingerprint density at radius 1 is 1.50 bits per heavy atom. The van der Waals surface area contributed by atoms with Crippen LogP contribution in [0.4, 0.5) is 9.39 Å². The van der Waals surface area contributed by atoms with E-state index in [1.807, 2.05) is 6.07 Å². The van der Waals surface area contributed by atoms with Crippen molar-refractivity contribution in [2.24, 2.45) is 0 Å². The summed E-state index contributed by atoms with van der Waals surface area (Å²) in [5.74, 6) is 0.700. The number of nitriles is 1. The molecule has 1 N–H and O–H groups in total. The van der Waals surface area contributed by atoms with Crippen molar-refractivity contribution in [2.75, 3.05) is 11.1 Å². The predicted octanol–water partition coefficient (Wildman–Crippen LogP) is 4.46. The maximum atomic E-state index is 13.4. The monoisotopic (exact) mass is 325 g/mol. The first-order valence-corrected chi connectivity index (χ1v) is 8.07. The third-order valence-electron chi connectivity index (χ3n) is 3.08. The Morgan fingerprint density at radius 2 is 2.35 bits per heavy atom. The third-order valence-corrected chi connectivity index (χ3v) is 5.35. The number of nitrogens with zero attached hydrogens (tertiary/aromatic N) is 2. The maximum Gasteiger partial charge on any atom is 0.162 e. The van der Waals surface area contributed by atoms with Gasteiger partial charge in [-0.25, -0.2) is 4.39 Å². The van der Waals surface area contributed by atoms with E-state index < -0.39 is 0 Å². The van der Waals surface area contributed by atoms with E-state index >= 15 is 0 Å². The largest absolute Gasteiger partial charge is 0.368 e. The molecule has 7 heteroatoms. The molecule has 0 fully saturated rings. The first-order chi connectivity index (χ1) is 9.69. The van der Waals surface area contributed by atoms with Crippen molar-refractivity contribution < 1.29 is 4.39 Å². The van der Waals surface area contributed by atoms with Gasteiger partial charge in [0.1, 0.15) is 22.5 Å². The van der Waals surface area contributed by atoms with Crippen LogP contribution in [-0.4, -0.2) is 10.1 Å². The molecule has 20 heavy (non-hydrogen) atoms. The molecule has 102 valence electrons. The number of anilines is 1. The molecule has 1 unspecified atom stereocenters. The molecule has 2 aromatic rings. The summed E-state index contributed by atoms with van der Waals surface area (Å²) >= 11 is 8.73. The fraction of sp³-hybridized carbons (Fsp3) is 0.231. The Balaban J connectivity index is 1.93. The first kappa shape index (κ1) is 13.7. The van der Waals surface area contributed by atoms with E-state index in [4.69, 9.17) is 16.9 Å². The predicted molar refractivity (Wildman–Crippen MR) is 79.9 cm³/mol. The minimum atomic E-state index is -0.249. The van der Waals surface area contributed by atoms with Crippen LogP contribution in [0.25, 0.3) is 0 Å². The molecule has 2 heterocycles. The summed E-state index contributed by atoms with van der Waals surface area (Å²) < 4.78 is 17.4. The van der Waals surface area contributed by atoms with Crippen molar-refractivity contribution >= 4 is 39.9 Å². The van der Waals surface area contributed by atoms with Crippen molar-refractivity contribution in [3.8, 4) is 6.07 Å². The fourth-order valence-corrected chi connectivity index (χ4v) is 4.23. The van der Waals surface area contributed by atoms with Crippen LogP contribution in [0.15, 0.2) is 23.1 Å². The molecular weight excluding hydrogens is 317 g/mol. The molecule has 0 radical (unpaired) electrons. The molecule has 1 aromatic heterocycles. The van der Waals surface area contributed by atoms with E-state index in [0.29, 0.717) is 10.6 Å². The van der Waals surface area contributed by atoms with Gasteiger partial charge in [-0.2, -0.15) is 9.64 Å². The van der Waals surface area contributed by atoms with Crippen LogP contribution in [-0.2, 0) is 0 Å². The van der Waals surface area contributed by atoms with Gasteiger partial charge in [-0.15, -0.1) is 11.8 Å². The lowest BCUT2D eigenvalue weighted by atomic mass is 10.0. The lowest BCUT2D eigenvalue weighted by Gasteiger charge is -2.26. The molecule has 0 saturated carbocycles. The van der Waals surface area contributed by atoms with E-state index in [-0.39, 0.29) is 17.0 Å². The van der Waals surface area contributed by atoms with Gasteiger partial charge in [-0.3, -0.25) is 0 Å². The molecule has 1 aliphatic rings. The first-order valence-electron chi connectivity index (χ1n) is 5.93. The average molecular weight is 326 g/mol. The Hall–Kier alpha value is -1.29. The van der Waals surface area contributed by atoms with E-state index in [0.717, 1.165) is 34.2 Å². The van der Waals surface area contributed by atoms with Crippen LogP contribution in [0.1, 0.15) is 23.6 Å². The van der Waals surface area contributed by atoms with E-state index in [9.17, 15) is 4.39 Å². The molecule has 1 atom stereocenters. The van der Waals surface area contributed by atoms with E-state index in [1.165, 1.54) is 6.07 Å². The van der Waals surface area contributed by atoms with Gasteiger partial charge >= 0.3 is 0 Å². The Morgan fingerprint density at radius 3 is 3.15 bits per heavy atom. The minimum Gasteiger partial charge on any atom is -0.368 e. The molecule has 1 aliphatic heterocycles. The Bertz CT molecular complexity index is 695. The molecule has 0 aliphatic carbocycles. The third kappa shape index (κ3) is 2.49. The zero-order chi connectivity index (χ0) is 14.1. The van der Waals surface area contributed by atoms with Crippen molar-refractivity contribution in [1.82, 2.24) is 4.37 Å². The van der Waals surface area contributed by atoms with Crippen LogP contribution in [0, 0.1) is 17.1 Å². The summed E-state index contributed by atoms with van der Waals surface area (Å²) in [6, 6.07) is 6.84. The molecule has 3 nitrogen and oxygen atoms in total. The van der Waals surface area contributed by atoms with Crippen molar-refractivity contribution in [3.63, 3.8) is 0 Å². The van der Waals surface area contributed by atoms with Crippen LogP contribution < -0.4 is 5.32 Å². The van der Waals surface area contributed by atoms with Crippen LogP contribution in [0.5, 0.6) is 0 Å². The van der Waals surface area contributed by atoms with Gasteiger partial charge in [0.15, 0.2) is 5.15 Å². The topological polar surface area (TPSA) is 48.7 Å². The smallest absolute Gasteiger partial charge is 0.162 e. The van der Waals surface area contributed by atoms with Crippen LogP contribution in [0.3, 0.4) is 0 Å². The summed E-state index contributed by atoms with van der Waals surface area (Å²) in [6.07, 6.45) is 0.863. The highest BCUT2D eigenvalue weighted by Gasteiger charge is 2.23. The lowest BCUT2D eigenvalue weighted by Crippen LogP contribution is -2.16. The summed E-state index contributed by atoms with van der Waals surface area (Å²) in [5, 5.41) is 13.2. The molecule has 1 aromatic carbocycles. The van der Waals surface area contributed by atoms with Gasteiger partial charge in [0, 0.05) is 10.6 Å². The van der Waals surface area contributed by atoms with E-state index in [1.54, 1.807) is 23.9 Å². The highest BCUT2D eigenvalue weighted by Crippen LogP contribution is 2.40. The SMILES string of the molecule is N#Cc1c(Cl)nsc1NC1CCSc2ccc(F)cc21. The van der Waals surface area contributed by atoms with Crippen molar-refractivity contribution in [3.05, 3.63) is 40.3 Å². The quantitative estimate of drug-likeness (QED) is 0.885. The van der Waals surface area contributed by atoms with Gasteiger partial charge < -0.3 is 5.32 Å². The number of nitrogens with one attached hydrogen (secondary N) is 1. The van der Waals surface area contributed by atoms with Crippen molar-refractivity contribution in [1.29, 1.82) is 5.26 Å². The van der Waals surface area contributed by atoms with Gasteiger partial charge in [0.2, 0.25) is 0 Å². The van der Waals surface area contributed by atoms with Gasteiger partial charge in [-0.05, 0) is 41.7 Å². The second-order valence-corrected chi connectivity index (χ2v) is 6.57. The molecule has 0 bridgehead atoms. The summed E-state index contributed by atoms with van der Waals surface area (Å²) in [5.41, 5.74) is 1.28. The lowest BCUT2D eigenvalue weighted by molar-refractivity contribution is 0.616. The molecule has 0 saturated heterocycles. The number of hydrogen-bond donors (Lipinski definition) is 1. The molecular formula is C13H9ClFN3S2. The van der Waals surface area contributed by atoms with Gasteiger partial charge in [-0.1, -0.05) is 11.6 Å². The van der Waals surface area contributed by atoms with E-state index in [2.05, 4.69) is 9.69 Å². The zero-order valence-corrected chi connectivity index (χ0v) is 12.6. The number of rotatable bonds is 2. The number of halogens is 2. The Labute approximate surface area is 128 Å². The fourth-order valence-electron chi connectivity index (χ4n) is 2.14. The van der Waals surface area contributed by atoms with Crippen LogP contribution in [0.2, 0.25) is 5.15 Å². The second-order valence-electron chi connectivity index (χ2n) is 4.31. The standard InChI is InChI=1S/C13H9ClFN3S2/c14-12-9(6-16)13(20-18-12)17-10-3-4-19-11-2-1-7(15)5-8(10)11/h1-2,5,10,17H,3-4H2. The highest BCUT2D eigenvalue weighted by molar-refractivity contribution is 7.99. The van der Waals surface area contributed by atoms with Crippen molar-refractivity contribution in [2.45, 2.75) is 17.4 Å². The Kier molecular flexibility index (Phi) is 3.83. The molecule has 0 spiro atoms. The molecule has 0 amide bonds. The number of fused-ring (bicyclic) bond motifs is 1. The summed E-state index contributed by atoms with van der Waals surface area (Å²) in [6.45, 7) is 0. The zero-order valence-electron chi connectivity index (χ0n) is 10.2. The maximum absolute atomic E-state index is 13.4. The number of thioether (sulfide) groups is 1. The highest BCUT2D eigenvalue weighted by atomic mass is 35.5.